The standard InChI is InChI=1S/C21H28N4O3/c1-14-9-10-16(25(2)18-11-12-22-21(23-18)28-3)13-17(14)20(27)24-19(26)15-7-5-4-6-8-15/h9-13,15,19,26H,4-8H2,1-3H3,(H,24,27). The van der Waals surface area contributed by atoms with Crippen molar-refractivity contribution in [2.45, 2.75) is 45.3 Å². The summed E-state index contributed by atoms with van der Waals surface area (Å²) in [4.78, 5) is 23.0. The largest absolute Gasteiger partial charge is 0.467 e. The summed E-state index contributed by atoms with van der Waals surface area (Å²) in [5.41, 5.74) is 2.20. The highest BCUT2D eigenvalue weighted by molar-refractivity contribution is 5.96. The van der Waals surface area contributed by atoms with Gasteiger partial charge in [0, 0.05) is 30.4 Å². The molecule has 0 radical (unpaired) electrons. The van der Waals surface area contributed by atoms with Crippen LogP contribution in [0.3, 0.4) is 0 Å². The van der Waals surface area contributed by atoms with Gasteiger partial charge in [0.15, 0.2) is 0 Å². The van der Waals surface area contributed by atoms with Crippen LogP contribution in [0.1, 0.15) is 48.0 Å². The third kappa shape index (κ3) is 4.59. The monoisotopic (exact) mass is 384 g/mol. The molecule has 0 aliphatic heterocycles. The second-order valence-electron chi connectivity index (χ2n) is 7.28. The summed E-state index contributed by atoms with van der Waals surface area (Å²) in [7, 11) is 3.38. The number of rotatable bonds is 6. The number of aliphatic hydroxyl groups is 1. The molecule has 1 saturated carbocycles. The van der Waals surface area contributed by atoms with Gasteiger partial charge >= 0.3 is 6.01 Å². The molecule has 0 bridgehead atoms. The van der Waals surface area contributed by atoms with Crippen molar-refractivity contribution in [2.24, 2.45) is 5.92 Å². The van der Waals surface area contributed by atoms with Gasteiger partial charge in [0.05, 0.1) is 7.11 Å². The van der Waals surface area contributed by atoms with Crippen LogP contribution in [0.4, 0.5) is 11.5 Å². The highest BCUT2D eigenvalue weighted by atomic mass is 16.5. The number of aryl methyl sites for hydroxylation is 1. The van der Waals surface area contributed by atoms with Crippen LogP contribution in [0.5, 0.6) is 6.01 Å². The van der Waals surface area contributed by atoms with E-state index < -0.39 is 6.23 Å². The molecule has 1 unspecified atom stereocenters. The molecule has 1 aliphatic carbocycles. The molecule has 7 heteroatoms. The van der Waals surface area contributed by atoms with Crippen molar-refractivity contribution in [2.75, 3.05) is 19.1 Å². The number of hydrogen-bond donors (Lipinski definition) is 2. The topological polar surface area (TPSA) is 87.6 Å². The van der Waals surface area contributed by atoms with E-state index in [9.17, 15) is 9.90 Å². The van der Waals surface area contributed by atoms with Gasteiger partial charge in [-0.25, -0.2) is 4.98 Å². The van der Waals surface area contributed by atoms with E-state index in [2.05, 4.69) is 15.3 Å². The minimum Gasteiger partial charge on any atom is -0.467 e. The van der Waals surface area contributed by atoms with Crippen LogP contribution in [0.15, 0.2) is 30.5 Å². The second kappa shape index (κ2) is 9.01. The Bertz CT molecular complexity index is 821. The summed E-state index contributed by atoms with van der Waals surface area (Å²) in [6, 6.07) is 7.69. The van der Waals surface area contributed by atoms with Crippen molar-refractivity contribution in [3.8, 4) is 6.01 Å². The van der Waals surface area contributed by atoms with Gasteiger partial charge in [-0.2, -0.15) is 4.98 Å². The first-order chi connectivity index (χ1) is 13.5. The SMILES string of the molecule is COc1nccc(N(C)c2ccc(C)c(C(=O)NC(O)C3CCCCC3)c2)n1. The Balaban J connectivity index is 1.77. The number of benzene rings is 1. The maximum atomic E-state index is 12.8. The number of nitrogens with one attached hydrogen (secondary N) is 1. The highest BCUT2D eigenvalue weighted by Gasteiger charge is 2.24. The summed E-state index contributed by atoms with van der Waals surface area (Å²) in [5.74, 6) is 0.535. The van der Waals surface area contributed by atoms with E-state index in [0.29, 0.717) is 11.4 Å². The first-order valence-corrected chi connectivity index (χ1v) is 9.70. The first-order valence-electron chi connectivity index (χ1n) is 9.70. The normalized spacial score (nSPS) is 15.7. The smallest absolute Gasteiger partial charge is 0.318 e. The number of methoxy groups -OCH3 is 1. The zero-order valence-corrected chi connectivity index (χ0v) is 16.7. The molecule has 1 aromatic carbocycles. The molecule has 1 aromatic heterocycles. The average molecular weight is 384 g/mol. The molecule has 1 aliphatic rings. The Kier molecular flexibility index (Phi) is 6.46. The summed E-state index contributed by atoms with van der Waals surface area (Å²) in [5, 5.41) is 13.2. The van der Waals surface area contributed by atoms with E-state index in [1.165, 1.54) is 13.5 Å². The van der Waals surface area contributed by atoms with Crippen molar-refractivity contribution in [3.05, 3.63) is 41.6 Å². The molecule has 150 valence electrons. The van der Waals surface area contributed by atoms with Gasteiger partial charge in [-0.15, -0.1) is 0 Å². The minimum absolute atomic E-state index is 0.136. The zero-order chi connectivity index (χ0) is 20.1. The molecule has 0 saturated heterocycles. The summed E-state index contributed by atoms with van der Waals surface area (Å²) >= 11 is 0. The van der Waals surface area contributed by atoms with Gasteiger partial charge < -0.3 is 20.1 Å². The molecular weight excluding hydrogens is 356 g/mol. The molecule has 2 aromatic rings. The third-order valence-electron chi connectivity index (χ3n) is 5.37. The van der Waals surface area contributed by atoms with E-state index in [-0.39, 0.29) is 17.8 Å². The lowest BCUT2D eigenvalue weighted by molar-refractivity contribution is 0.0463. The van der Waals surface area contributed by atoms with Gasteiger partial charge in [0.2, 0.25) is 0 Å². The third-order valence-corrected chi connectivity index (χ3v) is 5.37. The molecular formula is C21H28N4O3. The van der Waals surface area contributed by atoms with Gasteiger partial charge in [-0.05, 0) is 43.5 Å². The molecule has 1 amide bonds. The number of hydrogen-bond acceptors (Lipinski definition) is 6. The van der Waals surface area contributed by atoms with E-state index in [1.807, 2.05) is 37.1 Å². The second-order valence-corrected chi connectivity index (χ2v) is 7.28. The van der Waals surface area contributed by atoms with Gasteiger partial charge in [0.25, 0.3) is 5.91 Å². The van der Waals surface area contributed by atoms with Gasteiger partial charge in [0.1, 0.15) is 12.0 Å². The van der Waals surface area contributed by atoms with E-state index in [1.54, 1.807) is 12.3 Å². The number of amides is 1. The van der Waals surface area contributed by atoms with Crippen LogP contribution in [0.2, 0.25) is 0 Å². The molecule has 1 fully saturated rings. The predicted molar refractivity (Wildman–Crippen MR) is 108 cm³/mol. The number of aliphatic hydroxyl groups excluding tert-OH is 1. The summed E-state index contributed by atoms with van der Waals surface area (Å²) in [6.45, 7) is 1.89. The number of aromatic nitrogens is 2. The van der Waals surface area contributed by atoms with Crippen LogP contribution >= 0.6 is 0 Å². The Morgan fingerprint density at radius 2 is 2.04 bits per heavy atom. The quantitative estimate of drug-likeness (QED) is 0.744. The van der Waals surface area contributed by atoms with Crippen LogP contribution in [-0.2, 0) is 0 Å². The van der Waals surface area contributed by atoms with E-state index in [4.69, 9.17) is 4.74 Å². The number of anilines is 2. The van der Waals surface area contributed by atoms with Crippen LogP contribution in [0.25, 0.3) is 0 Å². The maximum absolute atomic E-state index is 12.8. The fourth-order valence-electron chi connectivity index (χ4n) is 3.59. The van der Waals surface area contributed by atoms with Gasteiger partial charge in [-0.1, -0.05) is 25.3 Å². The molecule has 1 atom stereocenters. The van der Waals surface area contributed by atoms with E-state index >= 15 is 0 Å². The molecule has 2 N–H and O–H groups in total. The zero-order valence-electron chi connectivity index (χ0n) is 16.7. The van der Waals surface area contributed by atoms with Crippen molar-refractivity contribution >= 4 is 17.4 Å². The van der Waals surface area contributed by atoms with Crippen molar-refractivity contribution in [1.29, 1.82) is 0 Å². The number of carbonyl (C=O) groups excluding carboxylic acids is 1. The summed E-state index contributed by atoms with van der Waals surface area (Å²) < 4.78 is 5.08. The van der Waals surface area contributed by atoms with E-state index in [0.717, 1.165) is 36.9 Å². The number of ether oxygens (including phenoxy) is 1. The van der Waals surface area contributed by atoms with Gasteiger partial charge in [-0.3, -0.25) is 4.79 Å². The highest BCUT2D eigenvalue weighted by Crippen LogP contribution is 2.27. The molecule has 7 nitrogen and oxygen atoms in total. The first kappa shape index (κ1) is 20.1. The summed E-state index contributed by atoms with van der Waals surface area (Å²) in [6.07, 6.45) is 6.16. The fourth-order valence-corrected chi connectivity index (χ4v) is 3.59. The lowest BCUT2D eigenvalue weighted by Gasteiger charge is -2.27. The average Bonchev–Trinajstić information content (AvgIpc) is 2.74. The number of carbonyl (C=O) groups is 1. The Labute approximate surface area is 165 Å². The Hall–Kier alpha value is -2.67. The lowest BCUT2D eigenvalue weighted by Crippen LogP contribution is -2.41. The van der Waals surface area contributed by atoms with Crippen LogP contribution in [-0.4, -0.2) is 41.4 Å². The number of nitrogens with zero attached hydrogens (tertiary/aromatic N) is 3. The van der Waals surface area contributed by atoms with Crippen molar-refractivity contribution < 1.29 is 14.6 Å². The van der Waals surface area contributed by atoms with Crippen LogP contribution < -0.4 is 15.0 Å². The maximum Gasteiger partial charge on any atom is 0.318 e. The molecule has 28 heavy (non-hydrogen) atoms. The fraction of sp³-hybridized carbons (Fsp3) is 0.476. The molecule has 1 heterocycles. The lowest BCUT2D eigenvalue weighted by atomic mass is 9.88. The van der Waals surface area contributed by atoms with Crippen molar-refractivity contribution in [1.82, 2.24) is 15.3 Å². The molecule has 3 rings (SSSR count). The predicted octanol–water partition coefficient (Wildman–Crippen LogP) is 3.19. The Morgan fingerprint density at radius 1 is 1.29 bits per heavy atom. The molecule has 0 spiro atoms. The Morgan fingerprint density at radius 3 is 2.75 bits per heavy atom. The minimum atomic E-state index is -0.806. The van der Waals surface area contributed by atoms with Crippen LogP contribution in [0, 0.1) is 12.8 Å². The van der Waals surface area contributed by atoms with Crippen molar-refractivity contribution in [3.63, 3.8) is 0 Å².